The lowest BCUT2D eigenvalue weighted by atomic mass is 10.3. The van der Waals surface area contributed by atoms with Crippen molar-refractivity contribution in [1.82, 2.24) is 19.9 Å². The van der Waals surface area contributed by atoms with Crippen molar-refractivity contribution in [3.63, 3.8) is 0 Å². The van der Waals surface area contributed by atoms with Crippen molar-refractivity contribution in [2.24, 2.45) is 0 Å². The lowest BCUT2D eigenvalue weighted by Crippen LogP contribution is -2.11. The quantitative estimate of drug-likeness (QED) is 0.759. The molecule has 3 rings (SSSR count). The van der Waals surface area contributed by atoms with Gasteiger partial charge in [0.05, 0.1) is 11.0 Å². The van der Waals surface area contributed by atoms with Gasteiger partial charge in [-0.2, -0.15) is 13.2 Å². The molecule has 3 aromatic rings. The summed E-state index contributed by atoms with van der Waals surface area (Å²) in [5, 5.41) is 2.66. The molecule has 0 spiro atoms. The summed E-state index contributed by atoms with van der Waals surface area (Å²) in [5.41, 5.74) is 0.692. The van der Waals surface area contributed by atoms with Crippen molar-refractivity contribution in [2.45, 2.75) is 13.1 Å². The summed E-state index contributed by atoms with van der Waals surface area (Å²) in [4.78, 5) is 14.5. The van der Waals surface area contributed by atoms with E-state index in [9.17, 15) is 13.2 Å². The zero-order chi connectivity index (χ0) is 15.0. The van der Waals surface area contributed by atoms with Gasteiger partial charge in [-0.25, -0.2) is 15.0 Å². The van der Waals surface area contributed by atoms with Crippen molar-refractivity contribution < 1.29 is 13.2 Å². The van der Waals surface area contributed by atoms with Gasteiger partial charge in [0.25, 0.3) is 0 Å². The van der Waals surface area contributed by atoms with Crippen LogP contribution in [0.1, 0.15) is 11.4 Å². The Bertz CT molecular complexity index is 761. The van der Waals surface area contributed by atoms with E-state index >= 15 is 0 Å². The minimum Gasteiger partial charge on any atom is -0.324 e. The second-order valence-corrected chi connectivity index (χ2v) is 4.44. The molecular formula is C13H10F3N5. The molecule has 5 nitrogen and oxygen atoms in total. The number of imidazole rings is 1. The number of alkyl halides is 3. The van der Waals surface area contributed by atoms with Gasteiger partial charge >= 0.3 is 6.18 Å². The number of halogens is 3. The normalized spacial score (nSPS) is 11.8. The largest absolute Gasteiger partial charge is 0.433 e. The van der Waals surface area contributed by atoms with Crippen LogP contribution in [0, 0.1) is 6.92 Å². The highest BCUT2D eigenvalue weighted by Crippen LogP contribution is 2.28. The number of fused-ring (bicyclic) bond motifs is 1. The summed E-state index contributed by atoms with van der Waals surface area (Å²) < 4.78 is 38.1. The van der Waals surface area contributed by atoms with Crippen LogP contribution >= 0.6 is 0 Å². The summed E-state index contributed by atoms with van der Waals surface area (Å²) in [7, 11) is 0. The molecule has 21 heavy (non-hydrogen) atoms. The van der Waals surface area contributed by atoms with E-state index in [2.05, 4.69) is 25.3 Å². The SMILES string of the molecule is Cc1cc(C(F)(F)F)nc(Nc2nc3ccccc3[nH]2)n1. The number of H-pyrrole nitrogens is 1. The molecule has 0 aliphatic carbocycles. The van der Waals surface area contributed by atoms with Crippen molar-refractivity contribution >= 4 is 22.9 Å². The molecule has 2 N–H and O–H groups in total. The van der Waals surface area contributed by atoms with Crippen molar-refractivity contribution in [1.29, 1.82) is 0 Å². The third-order valence-corrected chi connectivity index (χ3v) is 2.76. The van der Waals surface area contributed by atoms with Gasteiger partial charge in [0, 0.05) is 5.69 Å². The molecule has 2 aromatic heterocycles. The lowest BCUT2D eigenvalue weighted by Gasteiger charge is -2.08. The van der Waals surface area contributed by atoms with E-state index in [-0.39, 0.29) is 17.6 Å². The number of nitrogens with one attached hydrogen (secondary N) is 2. The first-order chi connectivity index (χ1) is 9.91. The van der Waals surface area contributed by atoms with Crippen LogP contribution in [0.15, 0.2) is 30.3 Å². The summed E-state index contributed by atoms with van der Waals surface area (Å²) in [6, 6.07) is 8.14. The van der Waals surface area contributed by atoms with E-state index < -0.39 is 11.9 Å². The van der Waals surface area contributed by atoms with Gasteiger partial charge in [0.15, 0.2) is 0 Å². The lowest BCUT2D eigenvalue weighted by molar-refractivity contribution is -0.141. The Morgan fingerprint density at radius 3 is 2.57 bits per heavy atom. The van der Waals surface area contributed by atoms with Crippen LogP contribution in [0.3, 0.4) is 0 Å². The van der Waals surface area contributed by atoms with Gasteiger partial charge in [0.2, 0.25) is 11.9 Å². The predicted octanol–water partition coefficient (Wildman–Crippen LogP) is 3.42. The number of rotatable bonds is 2. The fourth-order valence-electron chi connectivity index (χ4n) is 1.89. The smallest absolute Gasteiger partial charge is 0.324 e. The number of benzene rings is 1. The number of aromatic nitrogens is 4. The van der Waals surface area contributed by atoms with E-state index in [4.69, 9.17) is 0 Å². The minimum absolute atomic E-state index is 0.151. The van der Waals surface area contributed by atoms with Crippen LogP contribution in [0.25, 0.3) is 11.0 Å². The van der Waals surface area contributed by atoms with Gasteiger partial charge in [-0.15, -0.1) is 0 Å². The maximum atomic E-state index is 12.7. The Balaban J connectivity index is 1.95. The highest BCUT2D eigenvalue weighted by Gasteiger charge is 2.33. The van der Waals surface area contributed by atoms with Gasteiger partial charge in [-0.1, -0.05) is 12.1 Å². The fraction of sp³-hybridized carbons (Fsp3) is 0.154. The van der Waals surface area contributed by atoms with Crippen LogP contribution < -0.4 is 5.32 Å². The number of aromatic amines is 1. The number of anilines is 2. The fourth-order valence-corrected chi connectivity index (χ4v) is 1.89. The van der Waals surface area contributed by atoms with Gasteiger partial charge in [-0.05, 0) is 25.1 Å². The van der Waals surface area contributed by atoms with E-state index in [0.717, 1.165) is 11.6 Å². The van der Waals surface area contributed by atoms with Crippen LogP contribution in [0.2, 0.25) is 0 Å². The van der Waals surface area contributed by atoms with Crippen LogP contribution in [-0.2, 0) is 6.18 Å². The number of aryl methyl sites for hydroxylation is 1. The number of nitrogens with zero attached hydrogens (tertiary/aromatic N) is 3. The van der Waals surface area contributed by atoms with Gasteiger partial charge in [0.1, 0.15) is 5.69 Å². The summed E-state index contributed by atoms with van der Waals surface area (Å²) in [5.74, 6) is 0.135. The number of para-hydroxylation sites is 2. The van der Waals surface area contributed by atoms with Crippen LogP contribution in [0.5, 0.6) is 0 Å². The highest BCUT2D eigenvalue weighted by molar-refractivity contribution is 5.77. The molecule has 2 heterocycles. The second-order valence-electron chi connectivity index (χ2n) is 4.44. The summed E-state index contributed by atoms with van der Waals surface area (Å²) in [6.07, 6.45) is -4.52. The van der Waals surface area contributed by atoms with E-state index in [1.165, 1.54) is 6.92 Å². The third-order valence-electron chi connectivity index (χ3n) is 2.76. The Kier molecular flexibility index (Phi) is 3.00. The molecule has 0 radical (unpaired) electrons. The number of hydrogen-bond acceptors (Lipinski definition) is 4. The van der Waals surface area contributed by atoms with E-state index in [0.29, 0.717) is 5.52 Å². The second kappa shape index (κ2) is 4.72. The third kappa shape index (κ3) is 2.78. The maximum absolute atomic E-state index is 12.7. The van der Waals surface area contributed by atoms with E-state index in [1.54, 1.807) is 6.07 Å². The monoisotopic (exact) mass is 293 g/mol. The molecule has 0 aliphatic rings. The first-order valence-electron chi connectivity index (χ1n) is 6.06. The molecule has 0 unspecified atom stereocenters. The van der Waals surface area contributed by atoms with E-state index in [1.807, 2.05) is 18.2 Å². The topological polar surface area (TPSA) is 66.5 Å². The van der Waals surface area contributed by atoms with Gasteiger partial charge in [-0.3, -0.25) is 5.32 Å². The average Bonchev–Trinajstić information content (AvgIpc) is 2.79. The zero-order valence-corrected chi connectivity index (χ0v) is 10.9. The predicted molar refractivity (Wildman–Crippen MR) is 71.1 cm³/mol. The molecule has 0 amide bonds. The molecule has 0 saturated heterocycles. The molecule has 1 aromatic carbocycles. The van der Waals surface area contributed by atoms with Crippen LogP contribution in [0.4, 0.5) is 25.1 Å². The molecule has 108 valence electrons. The molecule has 0 saturated carbocycles. The molecular weight excluding hydrogens is 283 g/mol. The first-order valence-corrected chi connectivity index (χ1v) is 6.06. The van der Waals surface area contributed by atoms with Crippen LogP contribution in [-0.4, -0.2) is 19.9 Å². The van der Waals surface area contributed by atoms with Gasteiger partial charge < -0.3 is 4.98 Å². The zero-order valence-electron chi connectivity index (χ0n) is 10.9. The standard InChI is InChI=1S/C13H10F3N5/c1-7-6-10(13(14,15)16)20-11(17-7)21-12-18-8-4-2-3-5-9(8)19-12/h2-6H,1H3,(H2,17,18,19,20,21). The Hall–Kier alpha value is -2.64. The Labute approximate surface area is 117 Å². The molecule has 0 atom stereocenters. The molecule has 0 fully saturated rings. The molecule has 0 bridgehead atoms. The number of hydrogen-bond donors (Lipinski definition) is 2. The summed E-state index contributed by atoms with van der Waals surface area (Å²) >= 11 is 0. The van der Waals surface area contributed by atoms with Crippen molar-refractivity contribution in [3.8, 4) is 0 Å². The molecule has 0 aliphatic heterocycles. The highest BCUT2D eigenvalue weighted by atomic mass is 19.4. The van der Waals surface area contributed by atoms with Crippen molar-refractivity contribution in [2.75, 3.05) is 5.32 Å². The Morgan fingerprint density at radius 2 is 1.86 bits per heavy atom. The minimum atomic E-state index is -4.52. The molecule has 8 heteroatoms. The Morgan fingerprint density at radius 1 is 1.10 bits per heavy atom. The maximum Gasteiger partial charge on any atom is 0.433 e. The summed E-state index contributed by atoms with van der Waals surface area (Å²) in [6.45, 7) is 1.47. The first kappa shape index (κ1) is 13.3. The van der Waals surface area contributed by atoms with Crippen molar-refractivity contribution in [3.05, 3.63) is 41.7 Å². The average molecular weight is 293 g/mol.